The molecule has 0 unspecified atom stereocenters. The van der Waals surface area contributed by atoms with Gasteiger partial charge in [0.05, 0.1) is 26.0 Å². The quantitative estimate of drug-likeness (QED) is 0.885. The van der Waals surface area contributed by atoms with Crippen molar-refractivity contribution in [2.45, 2.75) is 19.4 Å². The smallest absolute Gasteiger partial charge is 0.320 e. The number of methoxy groups -OCH3 is 2. The lowest BCUT2D eigenvalue weighted by molar-refractivity contribution is 0.241. The van der Waals surface area contributed by atoms with Crippen molar-refractivity contribution >= 4 is 11.7 Å². The summed E-state index contributed by atoms with van der Waals surface area (Å²) in [5.74, 6) is 1.00. The molecule has 2 N–H and O–H groups in total. The third-order valence-electron chi connectivity index (χ3n) is 3.32. The Morgan fingerprint density at radius 3 is 2.61 bits per heavy atom. The number of hydrogen-bond acceptors (Lipinski definition) is 5. The Morgan fingerprint density at radius 1 is 1.17 bits per heavy atom. The molecule has 0 spiro atoms. The number of amides is 2. The van der Waals surface area contributed by atoms with Gasteiger partial charge in [-0.1, -0.05) is 18.2 Å². The zero-order valence-corrected chi connectivity index (χ0v) is 13.6. The van der Waals surface area contributed by atoms with Crippen molar-refractivity contribution in [2.75, 3.05) is 19.5 Å². The van der Waals surface area contributed by atoms with Crippen LogP contribution in [0.4, 0.5) is 10.5 Å². The van der Waals surface area contributed by atoms with Gasteiger partial charge in [-0.3, -0.25) is 0 Å². The fraction of sp³-hybridized carbons (Fsp3) is 0.312. The molecule has 0 saturated heterocycles. The molecule has 0 aliphatic carbocycles. The van der Waals surface area contributed by atoms with E-state index in [1.165, 1.54) is 19.6 Å². The van der Waals surface area contributed by atoms with Crippen LogP contribution in [-0.4, -0.2) is 30.2 Å². The molecule has 2 rings (SSSR count). The molecule has 0 radical (unpaired) electrons. The molecular weight excluding hydrogens is 296 g/mol. The van der Waals surface area contributed by atoms with Crippen LogP contribution in [0, 0.1) is 0 Å². The van der Waals surface area contributed by atoms with Crippen LogP contribution in [-0.2, 0) is 5.54 Å². The van der Waals surface area contributed by atoms with E-state index < -0.39 is 11.6 Å². The lowest BCUT2D eigenvalue weighted by atomic mass is 9.93. The standard InChI is InChI=1S/C16H20N4O3/c1-16(2,11-7-5-6-8-13(11)22-3)20-15(21)19-12-9-17-10-18-14(12)23-4/h5-10H,1-4H3,(H2,19,20,21). The molecular formula is C16H20N4O3. The number of urea groups is 1. The third kappa shape index (κ3) is 3.88. The molecule has 0 saturated carbocycles. The Hall–Kier alpha value is -2.83. The van der Waals surface area contributed by atoms with Crippen molar-refractivity contribution in [3.63, 3.8) is 0 Å². The van der Waals surface area contributed by atoms with E-state index in [0.29, 0.717) is 17.3 Å². The topological polar surface area (TPSA) is 85.4 Å². The summed E-state index contributed by atoms with van der Waals surface area (Å²) in [7, 11) is 3.07. The maximum absolute atomic E-state index is 12.3. The second-order valence-electron chi connectivity index (χ2n) is 5.35. The molecule has 2 amide bonds. The predicted octanol–water partition coefficient (Wildman–Crippen LogP) is 2.55. The number of carbonyl (C=O) groups excluding carboxylic acids is 1. The number of nitrogens with zero attached hydrogens (tertiary/aromatic N) is 2. The summed E-state index contributed by atoms with van der Waals surface area (Å²) in [6, 6.07) is 7.14. The molecule has 2 aromatic rings. The van der Waals surface area contributed by atoms with Gasteiger partial charge in [-0.2, -0.15) is 4.98 Å². The molecule has 7 nitrogen and oxygen atoms in total. The maximum atomic E-state index is 12.3. The first-order chi connectivity index (χ1) is 11.0. The Kier molecular flexibility index (Phi) is 5.00. The first-order valence-corrected chi connectivity index (χ1v) is 7.04. The first kappa shape index (κ1) is 16.5. The van der Waals surface area contributed by atoms with Crippen molar-refractivity contribution in [1.82, 2.24) is 15.3 Å². The minimum absolute atomic E-state index is 0.297. The number of nitrogens with one attached hydrogen (secondary N) is 2. The van der Waals surface area contributed by atoms with Gasteiger partial charge in [-0.25, -0.2) is 9.78 Å². The van der Waals surface area contributed by atoms with Gasteiger partial charge >= 0.3 is 6.03 Å². The van der Waals surface area contributed by atoms with Gasteiger partial charge in [-0.15, -0.1) is 0 Å². The fourth-order valence-corrected chi connectivity index (χ4v) is 2.23. The van der Waals surface area contributed by atoms with Crippen LogP contribution < -0.4 is 20.1 Å². The first-order valence-electron chi connectivity index (χ1n) is 7.04. The largest absolute Gasteiger partial charge is 0.496 e. The SMILES string of the molecule is COc1ccccc1C(C)(C)NC(=O)Nc1cncnc1OC. The molecule has 0 aliphatic rings. The lowest BCUT2D eigenvalue weighted by Crippen LogP contribution is -2.43. The van der Waals surface area contributed by atoms with Crippen LogP contribution in [0.25, 0.3) is 0 Å². The highest BCUT2D eigenvalue weighted by atomic mass is 16.5. The van der Waals surface area contributed by atoms with E-state index in [9.17, 15) is 4.79 Å². The zero-order valence-electron chi connectivity index (χ0n) is 13.6. The van der Waals surface area contributed by atoms with Crippen molar-refractivity contribution in [2.24, 2.45) is 0 Å². The molecule has 0 aliphatic heterocycles. The summed E-state index contributed by atoms with van der Waals surface area (Å²) in [4.78, 5) is 20.1. The minimum atomic E-state index is -0.639. The molecule has 1 heterocycles. The summed E-state index contributed by atoms with van der Waals surface area (Å²) < 4.78 is 10.4. The Labute approximate surface area is 135 Å². The van der Waals surface area contributed by atoms with Gasteiger partial charge < -0.3 is 20.1 Å². The number of anilines is 1. The Bertz CT molecular complexity index is 689. The molecule has 7 heteroatoms. The number of rotatable bonds is 5. The predicted molar refractivity (Wildman–Crippen MR) is 86.8 cm³/mol. The fourth-order valence-electron chi connectivity index (χ4n) is 2.23. The summed E-state index contributed by atoms with van der Waals surface area (Å²) in [6.45, 7) is 3.78. The molecule has 122 valence electrons. The van der Waals surface area contributed by atoms with Gasteiger partial charge in [0.25, 0.3) is 0 Å². The van der Waals surface area contributed by atoms with E-state index in [2.05, 4.69) is 20.6 Å². The maximum Gasteiger partial charge on any atom is 0.320 e. The van der Waals surface area contributed by atoms with Gasteiger partial charge in [0.2, 0.25) is 5.88 Å². The third-order valence-corrected chi connectivity index (χ3v) is 3.32. The normalized spacial score (nSPS) is 10.8. The van der Waals surface area contributed by atoms with E-state index in [1.54, 1.807) is 7.11 Å². The van der Waals surface area contributed by atoms with Gasteiger partial charge in [-0.05, 0) is 19.9 Å². The van der Waals surface area contributed by atoms with Gasteiger partial charge in [0, 0.05) is 5.56 Å². The number of hydrogen-bond donors (Lipinski definition) is 2. The van der Waals surface area contributed by atoms with E-state index in [1.807, 2.05) is 38.1 Å². The monoisotopic (exact) mass is 316 g/mol. The highest BCUT2D eigenvalue weighted by Gasteiger charge is 2.26. The minimum Gasteiger partial charge on any atom is -0.496 e. The van der Waals surface area contributed by atoms with Crippen LogP contribution in [0.15, 0.2) is 36.8 Å². The number of carbonyl (C=O) groups is 1. The highest BCUT2D eigenvalue weighted by molar-refractivity contribution is 5.90. The van der Waals surface area contributed by atoms with E-state index in [-0.39, 0.29) is 0 Å². The zero-order chi connectivity index (χ0) is 16.9. The van der Waals surface area contributed by atoms with Gasteiger partial charge in [0.1, 0.15) is 17.8 Å². The van der Waals surface area contributed by atoms with Crippen molar-refractivity contribution < 1.29 is 14.3 Å². The number of benzene rings is 1. The Balaban J connectivity index is 2.15. The van der Waals surface area contributed by atoms with Crippen LogP contribution in [0.3, 0.4) is 0 Å². The number of aromatic nitrogens is 2. The summed E-state index contributed by atoms with van der Waals surface area (Å²) >= 11 is 0. The molecule has 0 fully saturated rings. The van der Waals surface area contributed by atoms with Crippen LogP contribution in [0.1, 0.15) is 19.4 Å². The lowest BCUT2D eigenvalue weighted by Gasteiger charge is -2.28. The molecule has 1 aromatic carbocycles. The molecule has 23 heavy (non-hydrogen) atoms. The van der Waals surface area contributed by atoms with Crippen LogP contribution in [0.5, 0.6) is 11.6 Å². The second-order valence-corrected chi connectivity index (χ2v) is 5.35. The molecule has 0 bridgehead atoms. The average molecular weight is 316 g/mol. The number of para-hydroxylation sites is 1. The van der Waals surface area contributed by atoms with E-state index in [4.69, 9.17) is 9.47 Å². The Morgan fingerprint density at radius 2 is 1.91 bits per heavy atom. The van der Waals surface area contributed by atoms with E-state index >= 15 is 0 Å². The highest BCUT2D eigenvalue weighted by Crippen LogP contribution is 2.29. The van der Waals surface area contributed by atoms with Crippen LogP contribution in [0.2, 0.25) is 0 Å². The number of ether oxygens (including phenoxy) is 2. The second kappa shape index (κ2) is 6.95. The molecule has 1 aromatic heterocycles. The summed E-state index contributed by atoms with van der Waals surface area (Å²) in [6.07, 6.45) is 2.82. The molecule has 0 atom stereocenters. The van der Waals surface area contributed by atoms with Crippen molar-refractivity contribution in [3.8, 4) is 11.6 Å². The van der Waals surface area contributed by atoms with Crippen molar-refractivity contribution in [3.05, 3.63) is 42.4 Å². The van der Waals surface area contributed by atoms with Crippen LogP contribution >= 0.6 is 0 Å². The van der Waals surface area contributed by atoms with Gasteiger partial charge in [0.15, 0.2) is 0 Å². The summed E-state index contributed by atoms with van der Waals surface area (Å²) in [5, 5.41) is 5.59. The summed E-state index contributed by atoms with van der Waals surface area (Å²) in [5.41, 5.74) is 0.622. The van der Waals surface area contributed by atoms with E-state index in [0.717, 1.165) is 5.56 Å². The average Bonchev–Trinajstić information content (AvgIpc) is 2.54. The van der Waals surface area contributed by atoms with Crippen molar-refractivity contribution in [1.29, 1.82) is 0 Å².